The van der Waals surface area contributed by atoms with Crippen LogP contribution in [-0.2, 0) is 6.54 Å². The van der Waals surface area contributed by atoms with E-state index in [1.807, 2.05) is 30.3 Å². The first-order valence-electron chi connectivity index (χ1n) is 7.33. The van der Waals surface area contributed by atoms with Crippen LogP contribution >= 0.6 is 0 Å². The maximum atomic E-state index is 8.59. The molecule has 1 saturated heterocycles. The van der Waals surface area contributed by atoms with Gasteiger partial charge in [-0.15, -0.1) is 0 Å². The number of para-hydroxylation sites is 1. The highest BCUT2D eigenvalue weighted by Crippen LogP contribution is 2.17. The zero-order chi connectivity index (χ0) is 14.2. The monoisotopic (exact) mass is 273 g/mol. The van der Waals surface area contributed by atoms with E-state index in [0.29, 0.717) is 6.04 Å². The summed E-state index contributed by atoms with van der Waals surface area (Å²) in [4.78, 5) is 2.53. The molecule has 108 valence electrons. The summed E-state index contributed by atoms with van der Waals surface area (Å²) in [6.45, 7) is 6.58. The molecule has 1 aromatic rings. The lowest BCUT2D eigenvalue weighted by atomic mass is 10.2. The third kappa shape index (κ3) is 4.22. The van der Waals surface area contributed by atoms with Gasteiger partial charge in [0.25, 0.3) is 0 Å². The van der Waals surface area contributed by atoms with E-state index >= 15 is 0 Å². The van der Waals surface area contributed by atoms with Gasteiger partial charge in [-0.1, -0.05) is 18.2 Å². The molecule has 1 atom stereocenters. The molecule has 0 aliphatic carbocycles. The molecule has 4 heteroatoms. The lowest BCUT2D eigenvalue weighted by Gasteiger charge is -2.24. The van der Waals surface area contributed by atoms with Gasteiger partial charge in [0.15, 0.2) is 6.61 Å². The van der Waals surface area contributed by atoms with Gasteiger partial charge in [-0.05, 0) is 38.9 Å². The molecule has 1 aliphatic heterocycles. The SMILES string of the molecule is CC(CNCc1ccccc1OCC#N)N1CCCC1. The number of likely N-dealkylation sites (tertiary alicyclic amines) is 1. The molecule has 0 radical (unpaired) electrons. The summed E-state index contributed by atoms with van der Waals surface area (Å²) in [5.74, 6) is 0.801. The van der Waals surface area contributed by atoms with Gasteiger partial charge < -0.3 is 10.1 Å². The molecule has 0 aromatic heterocycles. The van der Waals surface area contributed by atoms with Gasteiger partial charge in [-0.3, -0.25) is 4.90 Å². The minimum atomic E-state index is 0.0984. The molecule has 1 fully saturated rings. The van der Waals surface area contributed by atoms with E-state index in [2.05, 4.69) is 17.1 Å². The van der Waals surface area contributed by atoms with Crippen LogP contribution in [0.2, 0.25) is 0 Å². The summed E-state index contributed by atoms with van der Waals surface area (Å²) in [5.41, 5.74) is 1.11. The Kier molecular flexibility index (Phi) is 5.85. The van der Waals surface area contributed by atoms with Crippen LogP contribution in [0.15, 0.2) is 24.3 Å². The molecule has 1 N–H and O–H groups in total. The zero-order valence-corrected chi connectivity index (χ0v) is 12.1. The minimum Gasteiger partial charge on any atom is -0.478 e. The fourth-order valence-corrected chi connectivity index (χ4v) is 2.63. The van der Waals surface area contributed by atoms with Crippen molar-refractivity contribution in [3.8, 4) is 11.8 Å². The highest BCUT2D eigenvalue weighted by atomic mass is 16.5. The van der Waals surface area contributed by atoms with Gasteiger partial charge >= 0.3 is 0 Å². The summed E-state index contributed by atoms with van der Waals surface area (Å²) in [6, 6.07) is 10.5. The quantitative estimate of drug-likeness (QED) is 0.827. The second kappa shape index (κ2) is 7.88. The Morgan fingerprint density at radius 2 is 2.10 bits per heavy atom. The first kappa shape index (κ1) is 14.8. The molecule has 0 bridgehead atoms. The van der Waals surface area contributed by atoms with Crippen LogP contribution < -0.4 is 10.1 Å². The Hall–Kier alpha value is -1.57. The second-order valence-electron chi connectivity index (χ2n) is 5.28. The van der Waals surface area contributed by atoms with Crippen molar-refractivity contribution in [2.24, 2.45) is 0 Å². The summed E-state index contributed by atoms with van der Waals surface area (Å²) < 4.78 is 5.43. The number of ether oxygens (including phenoxy) is 1. The van der Waals surface area contributed by atoms with Gasteiger partial charge in [0, 0.05) is 24.7 Å². The van der Waals surface area contributed by atoms with Crippen LogP contribution in [0.5, 0.6) is 5.75 Å². The van der Waals surface area contributed by atoms with Gasteiger partial charge in [0.05, 0.1) is 0 Å². The van der Waals surface area contributed by atoms with E-state index in [4.69, 9.17) is 10.00 Å². The Balaban J connectivity index is 1.79. The van der Waals surface area contributed by atoms with E-state index < -0.39 is 0 Å². The molecule has 20 heavy (non-hydrogen) atoms. The first-order chi connectivity index (χ1) is 9.81. The predicted molar refractivity (Wildman–Crippen MR) is 79.5 cm³/mol. The second-order valence-corrected chi connectivity index (χ2v) is 5.28. The molecule has 1 aromatic carbocycles. The van der Waals surface area contributed by atoms with Crippen LogP contribution in [0.1, 0.15) is 25.3 Å². The van der Waals surface area contributed by atoms with Gasteiger partial charge in [-0.25, -0.2) is 0 Å². The maximum Gasteiger partial charge on any atom is 0.174 e. The van der Waals surface area contributed by atoms with Crippen molar-refractivity contribution >= 4 is 0 Å². The molecule has 4 nitrogen and oxygen atoms in total. The number of rotatable bonds is 7. The molecular formula is C16H23N3O. The minimum absolute atomic E-state index is 0.0984. The number of nitrogens with one attached hydrogen (secondary N) is 1. The van der Waals surface area contributed by atoms with Crippen molar-refractivity contribution in [1.82, 2.24) is 10.2 Å². The number of benzene rings is 1. The third-order valence-electron chi connectivity index (χ3n) is 3.78. The smallest absolute Gasteiger partial charge is 0.174 e. The molecule has 0 amide bonds. The summed E-state index contributed by atoms with van der Waals surface area (Å²) in [6.07, 6.45) is 2.66. The average molecular weight is 273 g/mol. The first-order valence-corrected chi connectivity index (χ1v) is 7.33. The zero-order valence-electron chi connectivity index (χ0n) is 12.1. The fraction of sp³-hybridized carbons (Fsp3) is 0.562. The molecule has 2 rings (SSSR count). The number of nitriles is 1. The van der Waals surface area contributed by atoms with Crippen LogP contribution in [0.3, 0.4) is 0 Å². The summed E-state index contributed by atoms with van der Waals surface area (Å²) in [5, 5.41) is 12.1. The van der Waals surface area contributed by atoms with E-state index in [0.717, 1.165) is 24.4 Å². The predicted octanol–water partition coefficient (Wildman–Crippen LogP) is 2.16. The Labute approximate surface area is 121 Å². The van der Waals surface area contributed by atoms with Crippen LogP contribution in [0.4, 0.5) is 0 Å². The molecular weight excluding hydrogens is 250 g/mol. The van der Waals surface area contributed by atoms with Crippen LogP contribution in [0, 0.1) is 11.3 Å². The average Bonchev–Trinajstić information content (AvgIpc) is 3.00. The van der Waals surface area contributed by atoms with Crippen molar-refractivity contribution in [3.63, 3.8) is 0 Å². The maximum absolute atomic E-state index is 8.59. The van der Waals surface area contributed by atoms with E-state index in [-0.39, 0.29) is 6.61 Å². The number of nitrogens with zero attached hydrogens (tertiary/aromatic N) is 2. The lowest BCUT2D eigenvalue weighted by Crippen LogP contribution is -2.38. The van der Waals surface area contributed by atoms with E-state index in [9.17, 15) is 0 Å². The number of hydrogen-bond acceptors (Lipinski definition) is 4. The fourth-order valence-electron chi connectivity index (χ4n) is 2.63. The molecule has 0 saturated carbocycles. The lowest BCUT2D eigenvalue weighted by molar-refractivity contribution is 0.251. The molecule has 0 spiro atoms. The normalized spacial score (nSPS) is 16.8. The number of hydrogen-bond donors (Lipinski definition) is 1. The Morgan fingerprint density at radius 3 is 2.85 bits per heavy atom. The Morgan fingerprint density at radius 1 is 1.35 bits per heavy atom. The topological polar surface area (TPSA) is 48.3 Å². The van der Waals surface area contributed by atoms with Crippen molar-refractivity contribution in [2.45, 2.75) is 32.4 Å². The standard InChI is InChI=1S/C16H23N3O/c1-14(19-9-4-5-10-19)12-18-13-15-6-2-3-7-16(15)20-11-8-17/h2-3,6-7,14,18H,4-5,9-13H2,1H3. The van der Waals surface area contributed by atoms with Crippen molar-refractivity contribution in [3.05, 3.63) is 29.8 Å². The molecule has 1 heterocycles. The van der Waals surface area contributed by atoms with E-state index in [1.165, 1.54) is 25.9 Å². The Bertz CT molecular complexity index is 449. The van der Waals surface area contributed by atoms with Crippen molar-refractivity contribution < 1.29 is 4.74 Å². The molecule has 1 aliphatic rings. The van der Waals surface area contributed by atoms with Crippen LogP contribution in [-0.4, -0.2) is 37.2 Å². The van der Waals surface area contributed by atoms with Crippen LogP contribution in [0.25, 0.3) is 0 Å². The largest absolute Gasteiger partial charge is 0.478 e. The third-order valence-corrected chi connectivity index (χ3v) is 3.78. The highest BCUT2D eigenvalue weighted by molar-refractivity contribution is 5.33. The highest BCUT2D eigenvalue weighted by Gasteiger charge is 2.17. The summed E-state index contributed by atoms with van der Waals surface area (Å²) in [7, 11) is 0. The summed E-state index contributed by atoms with van der Waals surface area (Å²) >= 11 is 0. The van der Waals surface area contributed by atoms with Gasteiger partial charge in [0.1, 0.15) is 11.8 Å². The van der Waals surface area contributed by atoms with Crippen molar-refractivity contribution in [2.75, 3.05) is 26.2 Å². The molecule has 1 unspecified atom stereocenters. The van der Waals surface area contributed by atoms with Crippen molar-refractivity contribution in [1.29, 1.82) is 5.26 Å². The van der Waals surface area contributed by atoms with Gasteiger partial charge in [-0.2, -0.15) is 5.26 Å². The van der Waals surface area contributed by atoms with Gasteiger partial charge in [0.2, 0.25) is 0 Å². The van der Waals surface area contributed by atoms with E-state index in [1.54, 1.807) is 0 Å².